The van der Waals surface area contributed by atoms with E-state index in [1.54, 1.807) is 19.1 Å². The third-order valence-corrected chi connectivity index (χ3v) is 4.00. The van der Waals surface area contributed by atoms with Gasteiger partial charge in [0.2, 0.25) is 0 Å². The smallest absolute Gasteiger partial charge is 0.260 e. The number of halogens is 1. The summed E-state index contributed by atoms with van der Waals surface area (Å²) in [4.78, 5) is 12.2. The van der Waals surface area contributed by atoms with Gasteiger partial charge in [0.25, 0.3) is 5.91 Å². The molecule has 0 unspecified atom stereocenters. The molecule has 2 aromatic rings. The monoisotopic (exact) mass is 331 g/mol. The van der Waals surface area contributed by atoms with E-state index in [1.165, 1.54) is 5.56 Å². The first-order valence-electron chi connectivity index (χ1n) is 7.73. The number of benzene rings is 2. The lowest BCUT2D eigenvalue weighted by Gasteiger charge is -2.18. The average Bonchev–Trinajstić information content (AvgIpc) is 2.55. The van der Waals surface area contributed by atoms with E-state index in [1.807, 2.05) is 31.2 Å². The number of amides is 1. The molecule has 1 N–H and O–H groups in total. The molecule has 0 heterocycles. The van der Waals surface area contributed by atoms with Crippen molar-refractivity contribution in [1.82, 2.24) is 5.32 Å². The molecule has 2 atom stereocenters. The van der Waals surface area contributed by atoms with E-state index in [2.05, 4.69) is 24.4 Å². The number of hydrogen-bond donors (Lipinski definition) is 1. The maximum atomic E-state index is 12.2. The topological polar surface area (TPSA) is 38.3 Å². The zero-order chi connectivity index (χ0) is 16.8. The predicted octanol–water partition coefficient (Wildman–Crippen LogP) is 4.34. The molecule has 3 nitrogen and oxygen atoms in total. The average molecular weight is 332 g/mol. The summed E-state index contributed by atoms with van der Waals surface area (Å²) < 4.78 is 5.73. The van der Waals surface area contributed by atoms with Crippen molar-refractivity contribution in [2.75, 3.05) is 6.54 Å². The van der Waals surface area contributed by atoms with E-state index in [-0.39, 0.29) is 11.8 Å². The Labute approximate surface area is 142 Å². The van der Waals surface area contributed by atoms with Gasteiger partial charge in [0.15, 0.2) is 6.10 Å². The normalized spacial score (nSPS) is 13.2. The molecule has 23 heavy (non-hydrogen) atoms. The van der Waals surface area contributed by atoms with Crippen molar-refractivity contribution < 1.29 is 9.53 Å². The molecule has 0 bridgehead atoms. The summed E-state index contributed by atoms with van der Waals surface area (Å²) in [6.07, 6.45) is -0.558. The van der Waals surface area contributed by atoms with Gasteiger partial charge < -0.3 is 10.1 Å². The third-order valence-electron chi connectivity index (χ3n) is 3.76. The van der Waals surface area contributed by atoms with Gasteiger partial charge in [-0.3, -0.25) is 4.79 Å². The first-order chi connectivity index (χ1) is 11.0. The molecule has 2 aromatic carbocycles. The lowest BCUT2D eigenvalue weighted by atomic mass is 10.0. The van der Waals surface area contributed by atoms with E-state index in [0.717, 1.165) is 5.56 Å². The Hall–Kier alpha value is -2.00. The van der Waals surface area contributed by atoms with E-state index in [0.29, 0.717) is 17.3 Å². The highest BCUT2D eigenvalue weighted by Gasteiger charge is 2.16. The van der Waals surface area contributed by atoms with Crippen molar-refractivity contribution in [3.63, 3.8) is 0 Å². The van der Waals surface area contributed by atoms with Crippen LogP contribution < -0.4 is 10.1 Å². The van der Waals surface area contributed by atoms with Crippen molar-refractivity contribution in [2.24, 2.45) is 0 Å². The SMILES string of the molecule is Cc1cc(Cl)ccc1O[C@@H](C)C(=O)NC[C@H](C)c1ccccc1. The zero-order valence-electron chi connectivity index (χ0n) is 13.7. The Bertz CT molecular complexity index is 658. The molecule has 0 aromatic heterocycles. The van der Waals surface area contributed by atoms with Crippen molar-refractivity contribution >= 4 is 17.5 Å². The Morgan fingerprint density at radius 2 is 1.87 bits per heavy atom. The van der Waals surface area contributed by atoms with Crippen LogP contribution in [0.3, 0.4) is 0 Å². The van der Waals surface area contributed by atoms with Crippen molar-refractivity contribution in [3.05, 3.63) is 64.7 Å². The minimum Gasteiger partial charge on any atom is -0.481 e. The Morgan fingerprint density at radius 3 is 2.52 bits per heavy atom. The van der Waals surface area contributed by atoms with Crippen molar-refractivity contribution in [2.45, 2.75) is 32.8 Å². The molecule has 0 radical (unpaired) electrons. The maximum Gasteiger partial charge on any atom is 0.260 e. The molecule has 0 saturated carbocycles. The van der Waals surface area contributed by atoms with Gasteiger partial charge >= 0.3 is 0 Å². The number of carbonyl (C=O) groups is 1. The molecule has 1 amide bonds. The second-order valence-electron chi connectivity index (χ2n) is 5.73. The van der Waals surface area contributed by atoms with Gasteiger partial charge in [-0.1, -0.05) is 48.9 Å². The van der Waals surface area contributed by atoms with Gasteiger partial charge in [-0.05, 0) is 49.1 Å². The summed E-state index contributed by atoms with van der Waals surface area (Å²) in [6.45, 7) is 6.32. The van der Waals surface area contributed by atoms with E-state index >= 15 is 0 Å². The highest BCUT2D eigenvalue weighted by Crippen LogP contribution is 2.23. The van der Waals surface area contributed by atoms with Crippen LogP contribution in [0.25, 0.3) is 0 Å². The summed E-state index contributed by atoms with van der Waals surface area (Å²) in [5, 5.41) is 3.60. The summed E-state index contributed by atoms with van der Waals surface area (Å²) in [7, 11) is 0. The molecule has 0 aliphatic heterocycles. The molecule has 4 heteroatoms. The molecule has 2 rings (SSSR count). The van der Waals surface area contributed by atoms with Gasteiger partial charge in [-0.25, -0.2) is 0 Å². The first-order valence-corrected chi connectivity index (χ1v) is 8.10. The van der Waals surface area contributed by atoms with Crippen LogP contribution in [0.2, 0.25) is 5.02 Å². The fourth-order valence-electron chi connectivity index (χ4n) is 2.29. The molecule has 0 saturated heterocycles. The highest BCUT2D eigenvalue weighted by molar-refractivity contribution is 6.30. The van der Waals surface area contributed by atoms with Gasteiger partial charge in [-0.2, -0.15) is 0 Å². The van der Waals surface area contributed by atoms with Crippen LogP contribution in [0.4, 0.5) is 0 Å². The van der Waals surface area contributed by atoms with Crippen LogP contribution in [0.1, 0.15) is 30.9 Å². The first kappa shape index (κ1) is 17.4. The number of rotatable bonds is 6. The number of aryl methyl sites for hydroxylation is 1. The van der Waals surface area contributed by atoms with E-state index in [9.17, 15) is 4.79 Å². The minimum absolute atomic E-state index is 0.123. The van der Waals surface area contributed by atoms with E-state index < -0.39 is 6.10 Å². The predicted molar refractivity (Wildman–Crippen MR) is 94.1 cm³/mol. The molecular formula is C19H22ClNO2. The number of ether oxygens (including phenoxy) is 1. The Kier molecular flexibility index (Phi) is 6.05. The van der Waals surface area contributed by atoms with Crippen LogP contribution >= 0.6 is 11.6 Å². The molecule has 122 valence electrons. The lowest BCUT2D eigenvalue weighted by Crippen LogP contribution is -2.38. The number of hydrogen-bond acceptors (Lipinski definition) is 2. The second kappa shape index (κ2) is 8.02. The Balaban J connectivity index is 1.87. The standard InChI is InChI=1S/C19H22ClNO2/c1-13-11-17(20)9-10-18(13)23-15(3)19(22)21-12-14(2)16-7-5-4-6-8-16/h4-11,14-15H,12H2,1-3H3,(H,21,22)/t14-,15-/m0/s1. The fraction of sp³-hybridized carbons (Fsp3) is 0.316. The Morgan fingerprint density at radius 1 is 1.17 bits per heavy atom. The van der Waals surface area contributed by atoms with E-state index in [4.69, 9.17) is 16.3 Å². The van der Waals surface area contributed by atoms with Crippen molar-refractivity contribution in [1.29, 1.82) is 0 Å². The van der Waals surface area contributed by atoms with Crippen LogP contribution in [0, 0.1) is 6.92 Å². The minimum atomic E-state index is -0.558. The summed E-state index contributed by atoms with van der Waals surface area (Å²) >= 11 is 5.92. The largest absolute Gasteiger partial charge is 0.481 e. The number of nitrogens with one attached hydrogen (secondary N) is 1. The second-order valence-corrected chi connectivity index (χ2v) is 6.16. The van der Waals surface area contributed by atoms with Crippen LogP contribution in [-0.2, 0) is 4.79 Å². The van der Waals surface area contributed by atoms with Gasteiger partial charge in [0.05, 0.1) is 0 Å². The number of carbonyl (C=O) groups excluding carboxylic acids is 1. The van der Waals surface area contributed by atoms with Crippen LogP contribution in [0.15, 0.2) is 48.5 Å². The van der Waals surface area contributed by atoms with Crippen molar-refractivity contribution in [3.8, 4) is 5.75 Å². The van der Waals surface area contributed by atoms with Gasteiger partial charge in [0.1, 0.15) is 5.75 Å². The molecular weight excluding hydrogens is 310 g/mol. The summed E-state index contributed by atoms with van der Waals surface area (Å²) in [6, 6.07) is 15.5. The zero-order valence-corrected chi connectivity index (χ0v) is 14.4. The van der Waals surface area contributed by atoms with Gasteiger partial charge in [-0.15, -0.1) is 0 Å². The molecule has 0 aliphatic carbocycles. The summed E-state index contributed by atoms with van der Waals surface area (Å²) in [5.41, 5.74) is 2.12. The fourth-order valence-corrected chi connectivity index (χ4v) is 2.51. The lowest BCUT2D eigenvalue weighted by molar-refractivity contribution is -0.127. The quantitative estimate of drug-likeness (QED) is 0.855. The van der Waals surface area contributed by atoms with Gasteiger partial charge in [0, 0.05) is 11.6 Å². The highest BCUT2D eigenvalue weighted by atomic mass is 35.5. The molecule has 0 spiro atoms. The van der Waals surface area contributed by atoms with Crippen LogP contribution in [-0.4, -0.2) is 18.6 Å². The third kappa shape index (κ3) is 5.00. The van der Waals surface area contributed by atoms with Crippen LogP contribution in [0.5, 0.6) is 5.75 Å². The molecule has 0 aliphatic rings. The summed E-state index contributed by atoms with van der Waals surface area (Å²) in [5.74, 6) is 0.805. The maximum absolute atomic E-state index is 12.2. The molecule has 0 fully saturated rings.